The van der Waals surface area contributed by atoms with Crippen molar-refractivity contribution < 1.29 is 18.7 Å². The van der Waals surface area contributed by atoms with Crippen LogP contribution in [0, 0.1) is 5.41 Å². The summed E-state index contributed by atoms with van der Waals surface area (Å²) in [6, 6.07) is 13.1. The molecule has 1 aromatic carbocycles. The third kappa shape index (κ3) is 7.04. The first kappa shape index (κ1) is 33.6. The minimum absolute atomic E-state index is 0. The van der Waals surface area contributed by atoms with Crippen LogP contribution in [0.1, 0.15) is 25.8 Å². The second-order valence-corrected chi connectivity index (χ2v) is 10.9. The highest BCUT2D eigenvalue weighted by molar-refractivity contribution is 6.19. The van der Waals surface area contributed by atoms with E-state index in [0.29, 0.717) is 48.9 Å². The molecule has 0 N–H and O–H groups in total. The molecule has 0 atom stereocenters. The van der Waals surface area contributed by atoms with Gasteiger partial charge in [-0.1, -0.05) is 0 Å². The Balaban J connectivity index is 0.00000253. The summed E-state index contributed by atoms with van der Waals surface area (Å²) in [5.74, 6) is 0.118. The van der Waals surface area contributed by atoms with Crippen LogP contribution in [0.3, 0.4) is 0 Å². The van der Waals surface area contributed by atoms with Crippen LogP contribution in [0.5, 0.6) is 5.75 Å². The number of furan rings is 1. The van der Waals surface area contributed by atoms with Crippen LogP contribution < -0.4 is 20.1 Å². The molecular weight excluding hydrogens is 593 g/mol. The van der Waals surface area contributed by atoms with Gasteiger partial charge in [-0.15, -0.1) is 24.8 Å². The van der Waals surface area contributed by atoms with Crippen molar-refractivity contribution >= 4 is 59.0 Å². The van der Waals surface area contributed by atoms with Crippen LogP contribution in [0.15, 0.2) is 76.5 Å². The molecule has 5 rings (SSSR count). The number of fused-ring (bicyclic) bond motifs is 2. The topological polar surface area (TPSA) is 101 Å². The predicted molar refractivity (Wildman–Crippen MR) is 172 cm³/mol. The average molecular weight is 631 g/mol. The predicted octanol–water partition coefficient (Wildman–Crippen LogP) is 4.77. The molecule has 0 saturated heterocycles. The van der Waals surface area contributed by atoms with Crippen molar-refractivity contribution in [2.45, 2.75) is 33.4 Å². The Labute approximate surface area is 263 Å². The lowest BCUT2D eigenvalue weighted by Gasteiger charge is -2.25. The third-order valence-electron chi connectivity index (χ3n) is 7.63. The SMILES string of the molecule is CN1C(=O)C(C)(C)C(=O)N(C)c2cc(OCCCN(CCn3ccc4ccoc4c3=O)Cc3ccncc3)ccc21.Cl.Cl. The number of benzene rings is 1. The first-order valence-electron chi connectivity index (χ1n) is 13.7. The van der Waals surface area contributed by atoms with Gasteiger partial charge in [0.15, 0.2) is 5.58 Å². The van der Waals surface area contributed by atoms with Crippen molar-refractivity contribution in [3.05, 3.63) is 83.2 Å². The van der Waals surface area contributed by atoms with Gasteiger partial charge in [0.2, 0.25) is 11.8 Å². The van der Waals surface area contributed by atoms with Crippen LogP contribution in [0.25, 0.3) is 11.0 Å². The summed E-state index contributed by atoms with van der Waals surface area (Å²) in [5, 5.41) is 0.798. The largest absolute Gasteiger partial charge is 0.493 e. The summed E-state index contributed by atoms with van der Waals surface area (Å²) < 4.78 is 13.1. The van der Waals surface area contributed by atoms with E-state index >= 15 is 0 Å². The number of rotatable bonds is 10. The Morgan fingerprint density at radius 1 is 0.907 bits per heavy atom. The molecule has 4 aromatic rings. The van der Waals surface area contributed by atoms with E-state index < -0.39 is 5.41 Å². The van der Waals surface area contributed by atoms with E-state index in [1.54, 1.807) is 57.2 Å². The minimum Gasteiger partial charge on any atom is -0.493 e. The fourth-order valence-corrected chi connectivity index (χ4v) is 5.21. The summed E-state index contributed by atoms with van der Waals surface area (Å²) in [4.78, 5) is 48.2. The summed E-state index contributed by atoms with van der Waals surface area (Å²) in [5.41, 5.74) is 1.50. The Morgan fingerprint density at radius 2 is 1.60 bits per heavy atom. The van der Waals surface area contributed by atoms with Gasteiger partial charge in [0, 0.05) is 70.3 Å². The van der Waals surface area contributed by atoms with Crippen molar-refractivity contribution in [1.29, 1.82) is 0 Å². The van der Waals surface area contributed by atoms with Crippen LogP contribution in [0.2, 0.25) is 0 Å². The highest BCUT2D eigenvalue weighted by Crippen LogP contribution is 2.39. The van der Waals surface area contributed by atoms with E-state index in [1.807, 2.05) is 36.4 Å². The lowest BCUT2D eigenvalue weighted by Crippen LogP contribution is -2.46. The quantitative estimate of drug-likeness (QED) is 0.184. The molecule has 12 heteroatoms. The monoisotopic (exact) mass is 629 g/mol. The maximum atomic E-state index is 13.0. The van der Waals surface area contributed by atoms with Gasteiger partial charge in [-0.3, -0.25) is 24.3 Å². The molecule has 0 spiro atoms. The number of carbonyl (C=O) groups excluding carboxylic acids is 2. The van der Waals surface area contributed by atoms with Crippen molar-refractivity contribution in [1.82, 2.24) is 14.5 Å². The van der Waals surface area contributed by atoms with Crippen molar-refractivity contribution in [3.63, 3.8) is 0 Å². The molecule has 2 amide bonds. The molecular formula is C31H37Cl2N5O5. The van der Waals surface area contributed by atoms with Gasteiger partial charge in [0.05, 0.1) is 24.2 Å². The first-order valence-corrected chi connectivity index (χ1v) is 13.7. The van der Waals surface area contributed by atoms with Crippen molar-refractivity contribution in [2.24, 2.45) is 5.41 Å². The maximum Gasteiger partial charge on any atom is 0.294 e. The van der Waals surface area contributed by atoms with E-state index in [0.717, 1.165) is 23.9 Å². The van der Waals surface area contributed by atoms with Gasteiger partial charge in [-0.25, -0.2) is 0 Å². The first-order chi connectivity index (χ1) is 19.7. The number of nitrogens with zero attached hydrogens (tertiary/aromatic N) is 5. The summed E-state index contributed by atoms with van der Waals surface area (Å²) in [7, 11) is 3.37. The molecule has 3 aromatic heterocycles. The average Bonchev–Trinajstić information content (AvgIpc) is 3.46. The van der Waals surface area contributed by atoms with Crippen molar-refractivity contribution in [2.75, 3.05) is 43.6 Å². The van der Waals surface area contributed by atoms with Gasteiger partial charge in [-0.2, -0.15) is 0 Å². The van der Waals surface area contributed by atoms with Crippen LogP contribution in [-0.4, -0.2) is 60.1 Å². The zero-order chi connectivity index (χ0) is 29.1. The fraction of sp³-hybridized carbons (Fsp3) is 0.355. The molecule has 43 heavy (non-hydrogen) atoms. The highest BCUT2D eigenvalue weighted by Gasteiger charge is 2.44. The van der Waals surface area contributed by atoms with Gasteiger partial charge < -0.3 is 23.5 Å². The van der Waals surface area contributed by atoms with Crippen LogP contribution in [0.4, 0.5) is 11.4 Å². The maximum absolute atomic E-state index is 13.0. The number of anilines is 2. The molecule has 1 aliphatic heterocycles. The Bertz CT molecular complexity index is 1620. The van der Waals surface area contributed by atoms with Gasteiger partial charge in [0.1, 0.15) is 11.2 Å². The molecule has 10 nitrogen and oxygen atoms in total. The molecule has 0 saturated carbocycles. The summed E-state index contributed by atoms with van der Waals surface area (Å²) in [6.07, 6.45) is 7.63. The Morgan fingerprint density at radius 3 is 2.33 bits per heavy atom. The zero-order valence-electron chi connectivity index (χ0n) is 24.7. The number of carbonyl (C=O) groups is 2. The number of halogens is 2. The van der Waals surface area contributed by atoms with E-state index in [4.69, 9.17) is 9.15 Å². The minimum atomic E-state index is -1.16. The molecule has 4 heterocycles. The number of aromatic nitrogens is 2. The number of ether oxygens (including phenoxy) is 1. The van der Waals surface area contributed by atoms with Crippen LogP contribution >= 0.6 is 24.8 Å². The lowest BCUT2D eigenvalue weighted by molar-refractivity contribution is -0.137. The van der Waals surface area contributed by atoms with E-state index in [-0.39, 0.29) is 42.2 Å². The number of amides is 2. The van der Waals surface area contributed by atoms with Crippen LogP contribution in [-0.2, 0) is 22.7 Å². The number of hydrogen-bond acceptors (Lipinski definition) is 7. The van der Waals surface area contributed by atoms with Gasteiger partial charge >= 0.3 is 0 Å². The lowest BCUT2D eigenvalue weighted by atomic mass is 9.90. The Hall–Kier alpha value is -3.86. The smallest absolute Gasteiger partial charge is 0.294 e. The molecule has 0 radical (unpaired) electrons. The second kappa shape index (κ2) is 14.1. The fourth-order valence-electron chi connectivity index (χ4n) is 5.21. The molecule has 0 fully saturated rings. The summed E-state index contributed by atoms with van der Waals surface area (Å²) in [6.45, 7) is 6.40. The second-order valence-electron chi connectivity index (χ2n) is 10.9. The van der Waals surface area contributed by atoms with Gasteiger partial charge in [-0.05, 0) is 62.2 Å². The van der Waals surface area contributed by atoms with Gasteiger partial charge in [0.25, 0.3) is 5.56 Å². The molecule has 230 valence electrons. The third-order valence-corrected chi connectivity index (χ3v) is 7.63. The molecule has 0 bridgehead atoms. The van der Waals surface area contributed by atoms with E-state index in [9.17, 15) is 14.4 Å². The Kier molecular flexibility index (Phi) is 11.0. The number of pyridine rings is 2. The molecule has 1 aliphatic rings. The standard InChI is InChI=1S/C31H35N5O5.2ClH/c1-31(2)29(38)33(3)25-7-6-24(20-26(25)34(4)30(31)39)40-18-5-14-35(21-22-8-12-32-13-9-22)16-17-36-15-10-23-11-19-41-27(23)28(36)37;;/h6-13,15,19-20H,5,14,16-18,21H2,1-4H3;2*1H. The zero-order valence-corrected chi connectivity index (χ0v) is 26.3. The van der Waals surface area contributed by atoms with E-state index in [2.05, 4.69) is 9.88 Å². The summed E-state index contributed by atoms with van der Waals surface area (Å²) >= 11 is 0. The number of hydrogen-bond donors (Lipinski definition) is 0. The highest BCUT2D eigenvalue weighted by atomic mass is 35.5. The van der Waals surface area contributed by atoms with E-state index in [1.165, 1.54) is 16.1 Å². The normalized spacial score (nSPS) is 14.3. The van der Waals surface area contributed by atoms with Crippen molar-refractivity contribution in [3.8, 4) is 5.75 Å². The molecule has 0 aliphatic carbocycles. The molecule has 0 unspecified atom stereocenters.